The van der Waals surface area contributed by atoms with Crippen LogP contribution in [0.4, 0.5) is 0 Å². The van der Waals surface area contributed by atoms with Crippen LogP contribution in [-0.2, 0) is 13.5 Å². The lowest BCUT2D eigenvalue weighted by atomic mass is 9.97. The molecule has 0 radical (unpaired) electrons. The maximum atomic E-state index is 6.34. The van der Waals surface area contributed by atoms with Crippen LogP contribution in [0.5, 0.6) is 5.75 Å². The minimum Gasteiger partial charge on any atom is -0.493 e. The Morgan fingerprint density at radius 1 is 1.39 bits per heavy atom. The molecule has 0 saturated heterocycles. The summed E-state index contributed by atoms with van der Waals surface area (Å²) in [5.41, 5.74) is 9.65. The van der Waals surface area contributed by atoms with Crippen LogP contribution in [0.15, 0.2) is 30.5 Å². The molecule has 2 heterocycles. The average molecular weight is 243 g/mol. The van der Waals surface area contributed by atoms with Crippen LogP contribution < -0.4 is 10.5 Å². The van der Waals surface area contributed by atoms with Crippen LogP contribution in [0.25, 0.3) is 0 Å². The largest absolute Gasteiger partial charge is 0.493 e. The van der Waals surface area contributed by atoms with E-state index in [1.54, 1.807) is 6.20 Å². The molecule has 4 nitrogen and oxygen atoms in total. The molecule has 1 atom stereocenters. The second kappa shape index (κ2) is 4.46. The van der Waals surface area contributed by atoms with Gasteiger partial charge in [-0.05, 0) is 24.5 Å². The number of aryl methyl sites for hydroxylation is 2. The highest BCUT2D eigenvalue weighted by Gasteiger charge is 2.21. The second-order valence-electron chi connectivity index (χ2n) is 4.64. The third-order valence-corrected chi connectivity index (χ3v) is 3.48. The quantitative estimate of drug-likeness (QED) is 0.875. The Bertz CT molecular complexity index is 562. The van der Waals surface area contributed by atoms with E-state index in [9.17, 15) is 0 Å². The van der Waals surface area contributed by atoms with Gasteiger partial charge in [-0.1, -0.05) is 18.2 Å². The highest BCUT2D eigenvalue weighted by atomic mass is 16.5. The van der Waals surface area contributed by atoms with E-state index < -0.39 is 0 Å². The summed E-state index contributed by atoms with van der Waals surface area (Å²) in [5.74, 6) is 0.970. The van der Waals surface area contributed by atoms with Crippen molar-refractivity contribution in [2.75, 3.05) is 6.61 Å². The summed E-state index contributed by atoms with van der Waals surface area (Å²) >= 11 is 0. The van der Waals surface area contributed by atoms with E-state index in [0.29, 0.717) is 0 Å². The lowest BCUT2D eigenvalue weighted by Crippen LogP contribution is -2.19. The van der Waals surface area contributed by atoms with E-state index in [-0.39, 0.29) is 6.04 Å². The van der Waals surface area contributed by atoms with Crippen molar-refractivity contribution in [3.05, 3.63) is 47.3 Å². The Hall–Kier alpha value is -1.81. The molecule has 0 fully saturated rings. The van der Waals surface area contributed by atoms with Crippen molar-refractivity contribution in [3.63, 3.8) is 0 Å². The third kappa shape index (κ3) is 1.78. The summed E-state index contributed by atoms with van der Waals surface area (Å²) in [4.78, 5) is 0. The van der Waals surface area contributed by atoms with E-state index >= 15 is 0 Å². The molecule has 1 aliphatic rings. The van der Waals surface area contributed by atoms with Crippen LogP contribution in [0, 0.1) is 0 Å². The maximum absolute atomic E-state index is 6.34. The van der Waals surface area contributed by atoms with Crippen molar-refractivity contribution < 1.29 is 4.74 Å². The molecule has 3 rings (SSSR count). The molecular weight excluding hydrogens is 226 g/mol. The topological polar surface area (TPSA) is 53.1 Å². The van der Waals surface area contributed by atoms with Crippen LogP contribution in [-0.4, -0.2) is 16.4 Å². The molecule has 94 valence electrons. The Kier molecular flexibility index (Phi) is 2.80. The first-order valence-electron chi connectivity index (χ1n) is 6.25. The number of nitrogens with two attached hydrogens (primary N) is 1. The molecule has 0 aliphatic carbocycles. The Labute approximate surface area is 106 Å². The fraction of sp³-hybridized carbons (Fsp3) is 0.357. The monoisotopic (exact) mass is 243 g/mol. The maximum Gasteiger partial charge on any atom is 0.127 e. The molecular formula is C14H17N3O. The Morgan fingerprint density at radius 2 is 2.28 bits per heavy atom. The van der Waals surface area contributed by atoms with Gasteiger partial charge in [0, 0.05) is 18.8 Å². The van der Waals surface area contributed by atoms with Crippen molar-refractivity contribution in [1.29, 1.82) is 0 Å². The molecule has 2 aromatic rings. The molecule has 2 N–H and O–H groups in total. The van der Waals surface area contributed by atoms with Crippen LogP contribution in [0.3, 0.4) is 0 Å². The Morgan fingerprint density at radius 3 is 3.06 bits per heavy atom. The van der Waals surface area contributed by atoms with Gasteiger partial charge in [-0.3, -0.25) is 4.68 Å². The van der Waals surface area contributed by atoms with Gasteiger partial charge in [-0.2, -0.15) is 5.10 Å². The average Bonchev–Trinajstić information content (AvgIpc) is 2.83. The van der Waals surface area contributed by atoms with Crippen molar-refractivity contribution in [1.82, 2.24) is 9.78 Å². The van der Waals surface area contributed by atoms with Gasteiger partial charge < -0.3 is 10.5 Å². The molecule has 1 aromatic carbocycles. The van der Waals surface area contributed by atoms with E-state index in [1.165, 1.54) is 5.56 Å². The van der Waals surface area contributed by atoms with Crippen molar-refractivity contribution >= 4 is 0 Å². The van der Waals surface area contributed by atoms with Crippen LogP contribution in [0.2, 0.25) is 0 Å². The number of hydrogen-bond donors (Lipinski definition) is 1. The number of aromatic nitrogens is 2. The zero-order chi connectivity index (χ0) is 12.5. The molecule has 0 saturated carbocycles. The zero-order valence-electron chi connectivity index (χ0n) is 10.5. The second-order valence-corrected chi connectivity index (χ2v) is 4.64. The highest BCUT2D eigenvalue weighted by Crippen LogP contribution is 2.34. The van der Waals surface area contributed by atoms with Crippen molar-refractivity contribution in [2.45, 2.75) is 18.9 Å². The molecule has 18 heavy (non-hydrogen) atoms. The van der Waals surface area contributed by atoms with Gasteiger partial charge in [0.05, 0.1) is 18.3 Å². The van der Waals surface area contributed by atoms with Crippen molar-refractivity contribution in [2.24, 2.45) is 12.8 Å². The minimum atomic E-state index is -0.189. The minimum absolute atomic E-state index is 0.189. The number of para-hydroxylation sites is 1. The fourth-order valence-corrected chi connectivity index (χ4v) is 2.51. The van der Waals surface area contributed by atoms with Gasteiger partial charge in [0.1, 0.15) is 5.75 Å². The van der Waals surface area contributed by atoms with E-state index in [2.05, 4.69) is 17.2 Å². The van der Waals surface area contributed by atoms with Gasteiger partial charge in [0.2, 0.25) is 0 Å². The number of fused-ring (bicyclic) bond motifs is 1. The number of benzene rings is 1. The first kappa shape index (κ1) is 11.3. The van der Waals surface area contributed by atoms with Gasteiger partial charge in [-0.25, -0.2) is 0 Å². The van der Waals surface area contributed by atoms with E-state index in [4.69, 9.17) is 10.5 Å². The van der Waals surface area contributed by atoms with Gasteiger partial charge in [-0.15, -0.1) is 0 Å². The zero-order valence-corrected chi connectivity index (χ0v) is 10.5. The predicted octanol–water partition coefficient (Wildman–Crippen LogP) is 1.79. The smallest absolute Gasteiger partial charge is 0.127 e. The highest BCUT2D eigenvalue weighted by molar-refractivity contribution is 5.46. The van der Waals surface area contributed by atoms with Crippen LogP contribution in [0.1, 0.15) is 29.3 Å². The lowest BCUT2D eigenvalue weighted by Gasteiger charge is -2.23. The number of ether oxygens (including phenoxy) is 1. The summed E-state index contributed by atoms with van der Waals surface area (Å²) in [6.45, 7) is 0.780. The lowest BCUT2D eigenvalue weighted by molar-refractivity contribution is 0.284. The van der Waals surface area contributed by atoms with E-state index in [0.717, 1.165) is 36.5 Å². The van der Waals surface area contributed by atoms with Gasteiger partial charge >= 0.3 is 0 Å². The predicted molar refractivity (Wildman–Crippen MR) is 69.5 cm³/mol. The number of nitrogens with zero attached hydrogens (tertiary/aromatic N) is 2. The normalized spacial score (nSPS) is 15.9. The molecule has 0 amide bonds. The summed E-state index contributed by atoms with van der Waals surface area (Å²) < 4.78 is 7.62. The molecule has 4 heteroatoms. The van der Waals surface area contributed by atoms with E-state index in [1.807, 2.05) is 23.9 Å². The molecule has 1 aliphatic heterocycles. The SMILES string of the molecule is Cn1nccc1C(N)c1cccc2c1OCCC2. The summed E-state index contributed by atoms with van der Waals surface area (Å²) in [5, 5.41) is 4.17. The number of rotatable bonds is 2. The first-order valence-corrected chi connectivity index (χ1v) is 6.25. The number of hydrogen-bond acceptors (Lipinski definition) is 3. The molecule has 0 spiro atoms. The van der Waals surface area contributed by atoms with Gasteiger partial charge in [0.25, 0.3) is 0 Å². The third-order valence-electron chi connectivity index (χ3n) is 3.48. The Balaban J connectivity index is 2.04. The molecule has 0 bridgehead atoms. The molecule has 1 aromatic heterocycles. The molecule has 1 unspecified atom stereocenters. The summed E-state index contributed by atoms with van der Waals surface area (Å²) in [7, 11) is 1.91. The fourth-order valence-electron chi connectivity index (χ4n) is 2.51. The van der Waals surface area contributed by atoms with Crippen LogP contribution >= 0.6 is 0 Å². The van der Waals surface area contributed by atoms with Gasteiger partial charge in [0.15, 0.2) is 0 Å². The first-order chi connectivity index (χ1) is 8.77. The summed E-state index contributed by atoms with van der Waals surface area (Å²) in [6, 6.07) is 7.98. The standard InChI is InChI=1S/C14H17N3O/c1-17-12(7-8-16-17)13(15)11-6-2-4-10-5-3-9-18-14(10)11/h2,4,6-8,13H,3,5,9,15H2,1H3. The summed E-state index contributed by atoms with van der Waals surface area (Å²) in [6.07, 6.45) is 3.92. The van der Waals surface area contributed by atoms with Crippen molar-refractivity contribution in [3.8, 4) is 5.75 Å².